The highest BCUT2D eigenvalue weighted by atomic mass is 14.4. The Morgan fingerprint density at radius 1 is 0.636 bits per heavy atom. The van der Waals surface area contributed by atoms with Crippen molar-refractivity contribution in [1.29, 1.82) is 0 Å². The lowest BCUT2D eigenvalue weighted by molar-refractivity contribution is 0.178. The topological polar surface area (TPSA) is 0 Å². The second-order valence-corrected chi connectivity index (χ2v) is 11.8. The van der Waals surface area contributed by atoms with E-state index in [0.29, 0.717) is 5.41 Å². The molecule has 0 amide bonds. The molecule has 0 aromatic heterocycles. The summed E-state index contributed by atoms with van der Waals surface area (Å²) in [6.45, 7) is 7.19. The van der Waals surface area contributed by atoms with E-state index in [9.17, 15) is 0 Å². The lowest BCUT2D eigenvalue weighted by Gasteiger charge is -2.38. The van der Waals surface area contributed by atoms with E-state index < -0.39 is 0 Å². The van der Waals surface area contributed by atoms with Crippen molar-refractivity contribution in [3.8, 4) is 11.1 Å². The third-order valence-electron chi connectivity index (χ3n) is 9.22. The van der Waals surface area contributed by atoms with Gasteiger partial charge < -0.3 is 0 Å². The zero-order valence-electron chi connectivity index (χ0n) is 21.8. The van der Waals surface area contributed by atoms with Gasteiger partial charge >= 0.3 is 0 Å². The van der Waals surface area contributed by atoms with Gasteiger partial charge in [-0.3, -0.25) is 0 Å². The molecule has 2 aliphatic carbocycles. The minimum absolute atomic E-state index is 0.600. The molecule has 0 atom stereocenters. The average molecular weight is 445 g/mol. The first-order valence-corrected chi connectivity index (χ1v) is 14.3. The summed E-state index contributed by atoms with van der Waals surface area (Å²) < 4.78 is 0. The van der Waals surface area contributed by atoms with Gasteiger partial charge in [-0.1, -0.05) is 101 Å². The molecule has 0 bridgehead atoms. The van der Waals surface area contributed by atoms with Crippen molar-refractivity contribution in [3.63, 3.8) is 0 Å². The summed E-state index contributed by atoms with van der Waals surface area (Å²) in [6, 6.07) is 19.1. The Balaban J connectivity index is 1.31. The molecular formula is C33H48. The quantitative estimate of drug-likeness (QED) is 0.337. The molecule has 2 aliphatic rings. The van der Waals surface area contributed by atoms with Crippen LogP contribution in [0, 0.1) is 11.3 Å². The van der Waals surface area contributed by atoms with Crippen LogP contribution >= 0.6 is 0 Å². The van der Waals surface area contributed by atoms with Crippen LogP contribution < -0.4 is 0 Å². The lowest BCUT2D eigenvalue weighted by Crippen LogP contribution is -2.23. The lowest BCUT2D eigenvalue weighted by atomic mass is 9.68. The third-order valence-corrected chi connectivity index (χ3v) is 9.22. The molecule has 0 radical (unpaired) electrons. The maximum atomic E-state index is 2.54. The fourth-order valence-corrected chi connectivity index (χ4v) is 6.79. The van der Waals surface area contributed by atoms with Crippen LogP contribution in [0.1, 0.15) is 134 Å². The predicted molar refractivity (Wildman–Crippen MR) is 145 cm³/mol. The van der Waals surface area contributed by atoms with Gasteiger partial charge in [0.15, 0.2) is 0 Å². The van der Waals surface area contributed by atoms with E-state index >= 15 is 0 Å². The van der Waals surface area contributed by atoms with Gasteiger partial charge in [0.1, 0.15) is 0 Å². The Bertz CT molecular complexity index is 811. The highest BCUT2D eigenvalue weighted by molar-refractivity contribution is 5.64. The van der Waals surface area contributed by atoms with Crippen LogP contribution in [-0.4, -0.2) is 0 Å². The molecule has 0 aliphatic heterocycles. The van der Waals surface area contributed by atoms with Gasteiger partial charge in [0.05, 0.1) is 0 Å². The Morgan fingerprint density at radius 2 is 1.15 bits per heavy atom. The standard InChI is InChI=1S/C33H48/c1-4-6-7-23-33(3)24-21-32(22-25-33)31-19-17-30(18-20-31)29-15-13-28(14-16-29)27-11-9-26(8-5-2)10-12-27/h13-20,26-27,32H,4-12,21-25H2,1-3H3. The molecule has 2 saturated carbocycles. The summed E-state index contributed by atoms with van der Waals surface area (Å²) >= 11 is 0. The molecule has 33 heavy (non-hydrogen) atoms. The van der Waals surface area contributed by atoms with Crippen LogP contribution in [0.25, 0.3) is 11.1 Å². The smallest absolute Gasteiger partial charge is 0.0162 e. The van der Waals surface area contributed by atoms with Gasteiger partial charge in [-0.15, -0.1) is 0 Å². The van der Waals surface area contributed by atoms with Gasteiger partial charge in [0, 0.05) is 0 Å². The zero-order valence-corrected chi connectivity index (χ0v) is 21.8. The summed E-state index contributed by atoms with van der Waals surface area (Å²) in [4.78, 5) is 0. The number of hydrogen-bond donors (Lipinski definition) is 0. The molecule has 0 N–H and O–H groups in total. The highest BCUT2D eigenvalue weighted by Gasteiger charge is 2.31. The van der Waals surface area contributed by atoms with Crippen molar-refractivity contribution >= 4 is 0 Å². The Morgan fingerprint density at radius 3 is 1.64 bits per heavy atom. The van der Waals surface area contributed by atoms with Gasteiger partial charge in [-0.2, -0.15) is 0 Å². The predicted octanol–water partition coefficient (Wildman–Crippen LogP) is 10.7. The van der Waals surface area contributed by atoms with Crippen molar-refractivity contribution in [2.24, 2.45) is 11.3 Å². The fourth-order valence-electron chi connectivity index (χ4n) is 6.79. The third kappa shape index (κ3) is 6.52. The Kier molecular flexibility index (Phi) is 8.72. The summed E-state index contributed by atoms with van der Waals surface area (Å²) in [5.74, 6) is 2.54. The van der Waals surface area contributed by atoms with Gasteiger partial charge in [-0.05, 0) is 103 Å². The molecule has 2 aromatic rings. The summed E-state index contributed by atoms with van der Waals surface area (Å²) in [7, 11) is 0. The van der Waals surface area contributed by atoms with E-state index in [1.165, 1.54) is 101 Å². The SMILES string of the molecule is CCCCCC1(C)CCC(c2ccc(-c3ccc(C4CCC(CCC)CC4)cc3)cc2)CC1. The summed E-state index contributed by atoms with van der Waals surface area (Å²) in [5.41, 5.74) is 6.47. The van der Waals surface area contributed by atoms with Crippen LogP contribution in [0.2, 0.25) is 0 Å². The monoisotopic (exact) mass is 444 g/mol. The van der Waals surface area contributed by atoms with Crippen LogP contribution in [0.4, 0.5) is 0 Å². The molecule has 4 rings (SSSR count). The van der Waals surface area contributed by atoms with Crippen molar-refractivity contribution < 1.29 is 0 Å². The summed E-state index contributed by atoms with van der Waals surface area (Å²) in [5, 5.41) is 0. The molecule has 0 unspecified atom stereocenters. The van der Waals surface area contributed by atoms with Crippen LogP contribution in [-0.2, 0) is 0 Å². The Labute approximate surface area is 204 Å². The maximum absolute atomic E-state index is 2.54. The average Bonchev–Trinajstić information content (AvgIpc) is 2.86. The van der Waals surface area contributed by atoms with E-state index in [4.69, 9.17) is 0 Å². The van der Waals surface area contributed by atoms with Gasteiger partial charge in [0.2, 0.25) is 0 Å². The molecule has 0 saturated heterocycles. The van der Waals surface area contributed by atoms with Crippen molar-refractivity contribution in [1.82, 2.24) is 0 Å². The molecule has 0 nitrogen and oxygen atoms in total. The molecule has 0 spiro atoms. The van der Waals surface area contributed by atoms with Crippen molar-refractivity contribution in [3.05, 3.63) is 59.7 Å². The minimum Gasteiger partial charge on any atom is -0.0654 e. The number of benzene rings is 2. The van der Waals surface area contributed by atoms with Gasteiger partial charge in [-0.25, -0.2) is 0 Å². The van der Waals surface area contributed by atoms with Crippen LogP contribution in [0.3, 0.4) is 0 Å². The second kappa shape index (κ2) is 11.7. The van der Waals surface area contributed by atoms with E-state index in [-0.39, 0.29) is 0 Å². The van der Waals surface area contributed by atoms with Crippen LogP contribution in [0.15, 0.2) is 48.5 Å². The maximum Gasteiger partial charge on any atom is -0.0162 e. The van der Waals surface area contributed by atoms with E-state index in [1.54, 1.807) is 11.1 Å². The number of rotatable bonds is 9. The highest BCUT2D eigenvalue weighted by Crippen LogP contribution is 2.46. The van der Waals surface area contributed by atoms with Crippen molar-refractivity contribution in [2.45, 2.75) is 122 Å². The molecule has 2 aromatic carbocycles. The summed E-state index contributed by atoms with van der Waals surface area (Å²) in [6.07, 6.45) is 19.6. The minimum atomic E-state index is 0.600. The van der Waals surface area contributed by atoms with Crippen LogP contribution in [0.5, 0.6) is 0 Å². The molecule has 0 heteroatoms. The molecule has 2 fully saturated rings. The largest absolute Gasteiger partial charge is 0.0654 e. The van der Waals surface area contributed by atoms with Gasteiger partial charge in [0.25, 0.3) is 0 Å². The molecule has 0 heterocycles. The molecular weight excluding hydrogens is 396 g/mol. The molecule has 180 valence electrons. The zero-order chi connectivity index (χ0) is 23.1. The first-order valence-electron chi connectivity index (χ1n) is 14.3. The number of unbranched alkanes of at least 4 members (excludes halogenated alkanes) is 2. The van der Waals surface area contributed by atoms with E-state index in [0.717, 1.165) is 17.8 Å². The normalized spacial score (nSPS) is 28.0. The number of hydrogen-bond acceptors (Lipinski definition) is 0. The second-order valence-electron chi connectivity index (χ2n) is 11.8. The first kappa shape index (κ1) is 24.6. The first-order chi connectivity index (χ1) is 16.1. The van der Waals surface area contributed by atoms with E-state index in [2.05, 4.69) is 69.3 Å². The van der Waals surface area contributed by atoms with Crippen molar-refractivity contribution in [2.75, 3.05) is 0 Å². The Hall–Kier alpha value is -1.56. The fraction of sp³-hybridized carbons (Fsp3) is 0.636. The van der Waals surface area contributed by atoms with E-state index in [1.807, 2.05) is 0 Å².